The third-order valence-corrected chi connectivity index (χ3v) is 6.11. The normalized spacial score (nSPS) is 25.0. The van der Waals surface area contributed by atoms with E-state index in [4.69, 9.17) is 11.6 Å². The summed E-state index contributed by atoms with van der Waals surface area (Å²) >= 11 is 7.60. The van der Waals surface area contributed by atoms with Crippen LogP contribution in [0.4, 0.5) is 0 Å². The highest BCUT2D eigenvalue weighted by molar-refractivity contribution is 7.12. The highest BCUT2D eigenvalue weighted by Gasteiger charge is 2.47. The molecule has 4 rings (SSSR count). The lowest BCUT2D eigenvalue weighted by Crippen LogP contribution is -2.51. The Morgan fingerprint density at radius 3 is 2.71 bits per heavy atom. The molecule has 2 aliphatic rings. The topological polar surface area (TPSA) is 49.4 Å². The molecule has 2 heterocycles. The van der Waals surface area contributed by atoms with Crippen LogP contribution in [0.25, 0.3) is 0 Å². The number of carbonyl (C=O) groups excluding carboxylic acids is 2. The molecule has 2 bridgehead atoms. The minimum atomic E-state index is -0.0484. The molecule has 1 N–H and O–H groups in total. The number of hydrogen-bond acceptors (Lipinski definition) is 3. The second kappa shape index (κ2) is 6.22. The van der Waals surface area contributed by atoms with Crippen molar-refractivity contribution in [3.63, 3.8) is 0 Å². The van der Waals surface area contributed by atoms with Crippen LogP contribution in [0, 0.1) is 5.92 Å². The zero-order valence-corrected chi connectivity index (χ0v) is 14.5. The smallest absolute Gasteiger partial charge is 0.261 e. The van der Waals surface area contributed by atoms with Crippen LogP contribution in [0.5, 0.6) is 0 Å². The first-order chi connectivity index (χ1) is 11.6. The van der Waals surface area contributed by atoms with Gasteiger partial charge < -0.3 is 10.2 Å². The lowest BCUT2D eigenvalue weighted by atomic mass is 10.0. The summed E-state index contributed by atoms with van der Waals surface area (Å²) in [6.45, 7) is 0.750. The Labute approximate surface area is 149 Å². The summed E-state index contributed by atoms with van der Waals surface area (Å²) in [4.78, 5) is 27.8. The van der Waals surface area contributed by atoms with Gasteiger partial charge in [0.25, 0.3) is 11.8 Å². The molecule has 6 heteroatoms. The van der Waals surface area contributed by atoms with Crippen molar-refractivity contribution in [2.24, 2.45) is 5.92 Å². The highest BCUT2D eigenvalue weighted by atomic mass is 35.5. The van der Waals surface area contributed by atoms with Crippen molar-refractivity contribution in [1.82, 2.24) is 10.2 Å². The Kier molecular flexibility index (Phi) is 4.06. The van der Waals surface area contributed by atoms with Crippen molar-refractivity contribution >= 4 is 34.8 Å². The van der Waals surface area contributed by atoms with Gasteiger partial charge in [0, 0.05) is 12.6 Å². The molecule has 2 fully saturated rings. The Bertz CT molecular complexity index is 777. The number of benzene rings is 1. The van der Waals surface area contributed by atoms with E-state index in [-0.39, 0.29) is 23.9 Å². The summed E-state index contributed by atoms with van der Waals surface area (Å²) in [5.41, 5.74) is 0.537. The predicted molar refractivity (Wildman–Crippen MR) is 94.6 cm³/mol. The first-order valence-electron chi connectivity index (χ1n) is 8.03. The molecule has 1 aliphatic heterocycles. The summed E-state index contributed by atoms with van der Waals surface area (Å²) < 4.78 is 0. The van der Waals surface area contributed by atoms with Gasteiger partial charge in [0.2, 0.25) is 0 Å². The van der Waals surface area contributed by atoms with Gasteiger partial charge in [0.15, 0.2) is 0 Å². The number of thiophene rings is 1. The maximum Gasteiger partial charge on any atom is 0.261 e. The van der Waals surface area contributed by atoms with Crippen molar-refractivity contribution in [3.05, 3.63) is 57.2 Å². The van der Waals surface area contributed by atoms with Crippen LogP contribution in [0.2, 0.25) is 5.02 Å². The molecule has 0 radical (unpaired) electrons. The Morgan fingerprint density at radius 1 is 1.17 bits per heavy atom. The average Bonchev–Trinajstić information content (AvgIpc) is 3.31. The maximum atomic E-state index is 12.8. The van der Waals surface area contributed by atoms with Crippen molar-refractivity contribution in [2.45, 2.75) is 24.9 Å². The van der Waals surface area contributed by atoms with E-state index in [1.807, 2.05) is 34.5 Å². The van der Waals surface area contributed by atoms with E-state index < -0.39 is 0 Å². The monoisotopic (exact) mass is 360 g/mol. The van der Waals surface area contributed by atoms with Crippen LogP contribution >= 0.6 is 22.9 Å². The molecule has 1 saturated carbocycles. The van der Waals surface area contributed by atoms with Crippen molar-refractivity contribution in [3.8, 4) is 0 Å². The summed E-state index contributed by atoms with van der Waals surface area (Å²) in [7, 11) is 0. The fraction of sp³-hybridized carbons (Fsp3) is 0.333. The van der Waals surface area contributed by atoms with Crippen molar-refractivity contribution < 1.29 is 9.59 Å². The number of piperidine rings is 1. The lowest BCUT2D eigenvalue weighted by Gasteiger charge is -2.34. The number of amides is 2. The molecule has 2 amide bonds. The van der Waals surface area contributed by atoms with Crippen LogP contribution in [-0.2, 0) is 0 Å². The fourth-order valence-corrected chi connectivity index (χ4v) is 4.69. The fourth-order valence-electron chi connectivity index (χ4n) is 3.85. The summed E-state index contributed by atoms with van der Waals surface area (Å²) in [5.74, 6) is 0.367. The molecule has 0 unspecified atom stereocenters. The van der Waals surface area contributed by atoms with Gasteiger partial charge in [-0.1, -0.05) is 29.8 Å². The van der Waals surface area contributed by atoms with E-state index in [1.165, 1.54) is 11.3 Å². The van der Waals surface area contributed by atoms with Gasteiger partial charge in [-0.3, -0.25) is 9.59 Å². The van der Waals surface area contributed by atoms with Gasteiger partial charge >= 0.3 is 0 Å². The molecular formula is C18H17ClN2O2S. The predicted octanol–water partition coefficient (Wildman–Crippen LogP) is 3.43. The highest BCUT2D eigenvalue weighted by Crippen LogP contribution is 2.39. The molecule has 124 valence electrons. The number of halogens is 1. The standard InChI is InChI=1S/C18H17ClN2O2S/c19-13-5-2-1-4-12(13)18(23)21-10-11-8-14(15(21)9-11)20-17(22)16-6-3-7-24-16/h1-7,11,14-15H,8-10H2,(H,20,22)/t11-,14+,15-/m1/s1. The minimum absolute atomic E-state index is 0.0183. The maximum absolute atomic E-state index is 12.8. The summed E-state index contributed by atoms with van der Waals surface area (Å²) in [6.07, 6.45) is 1.89. The van der Waals surface area contributed by atoms with Crippen LogP contribution < -0.4 is 5.32 Å². The molecule has 24 heavy (non-hydrogen) atoms. The average molecular weight is 361 g/mol. The zero-order valence-electron chi connectivity index (χ0n) is 12.9. The molecular weight excluding hydrogens is 344 g/mol. The third-order valence-electron chi connectivity index (χ3n) is 4.91. The molecule has 4 nitrogen and oxygen atoms in total. The van der Waals surface area contributed by atoms with Crippen LogP contribution in [0.15, 0.2) is 41.8 Å². The number of nitrogens with zero attached hydrogens (tertiary/aromatic N) is 1. The molecule has 1 aromatic heterocycles. The van der Waals surface area contributed by atoms with E-state index in [1.54, 1.807) is 12.1 Å². The van der Waals surface area contributed by atoms with Crippen LogP contribution in [0.3, 0.4) is 0 Å². The van der Waals surface area contributed by atoms with Gasteiger partial charge in [-0.05, 0) is 42.3 Å². The molecule has 0 spiro atoms. The Morgan fingerprint density at radius 2 is 2.00 bits per heavy atom. The lowest BCUT2D eigenvalue weighted by molar-refractivity contribution is 0.0649. The molecule has 3 atom stereocenters. The Hall–Kier alpha value is -1.85. The second-order valence-corrected chi connectivity index (χ2v) is 7.75. The van der Waals surface area contributed by atoms with Gasteiger partial charge in [-0.25, -0.2) is 0 Å². The number of likely N-dealkylation sites (tertiary alicyclic amines) is 1. The van der Waals surface area contributed by atoms with E-state index >= 15 is 0 Å². The van der Waals surface area contributed by atoms with E-state index in [9.17, 15) is 9.59 Å². The zero-order chi connectivity index (χ0) is 16.7. The van der Waals surface area contributed by atoms with Gasteiger partial charge in [0.1, 0.15) is 0 Å². The van der Waals surface area contributed by atoms with E-state index in [0.29, 0.717) is 21.4 Å². The quantitative estimate of drug-likeness (QED) is 0.911. The number of carbonyl (C=O) groups is 2. The first kappa shape index (κ1) is 15.7. The SMILES string of the molecule is O=C(N[C@H]1C[C@@H]2C[C@H]1N(C(=O)c1ccccc1Cl)C2)c1cccs1. The third kappa shape index (κ3) is 2.72. The van der Waals surface area contributed by atoms with Gasteiger partial charge in [-0.2, -0.15) is 0 Å². The van der Waals surface area contributed by atoms with E-state index in [2.05, 4.69) is 5.32 Å². The van der Waals surface area contributed by atoms with Crippen LogP contribution in [0.1, 0.15) is 32.9 Å². The first-order valence-corrected chi connectivity index (χ1v) is 9.29. The Balaban J connectivity index is 1.50. The number of nitrogens with one attached hydrogen (secondary N) is 1. The molecule has 1 saturated heterocycles. The van der Waals surface area contributed by atoms with Crippen molar-refractivity contribution in [1.29, 1.82) is 0 Å². The number of rotatable bonds is 3. The van der Waals surface area contributed by atoms with Gasteiger partial charge in [-0.15, -0.1) is 11.3 Å². The number of hydrogen-bond donors (Lipinski definition) is 1. The minimum Gasteiger partial charge on any atom is -0.347 e. The molecule has 2 aromatic rings. The van der Waals surface area contributed by atoms with Crippen LogP contribution in [-0.4, -0.2) is 35.3 Å². The van der Waals surface area contributed by atoms with Gasteiger partial charge in [0.05, 0.1) is 21.5 Å². The summed E-state index contributed by atoms with van der Waals surface area (Å²) in [6, 6.07) is 10.9. The molecule has 1 aromatic carbocycles. The van der Waals surface area contributed by atoms with Crippen molar-refractivity contribution in [2.75, 3.05) is 6.54 Å². The van der Waals surface area contributed by atoms with E-state index in [0.717, 1.165) is 19.4 Å². The number of fused-ring (bicyclic) bond motifs is 2. The largest absolute Gasteiger partial charge is 0.347 e. The second-order valence-electron chi connectivity index (χ2n) is 6.40. The summed E-state index contributed by atoms with van der Waals surface area (Å²) in [5, 5.41) is 5.48. The molecule has 1 aliphatic carbocycles.